The van der Waals surface area contributed by atoms with Crippen LogP contribution in [-0.2, 0) is 0 Å². The molecular formula is C15H10N2O2S. The summed E-state index contributed by atoms with van der Waals surface area (Å²) < 4.78 is 11.8. The average molecular weight is 282 g/mol. The molecule has 5 heteroatoms. The fourth-order valence-electron chi connectivity index (χ4n) is 2.01. The third-order valence-electron chi connectivity index (χ3n) is 2.93. The van der Waals surface area contributed by atoms with Gasteiger partial charge >= 0.3 is 6.01 Å². The fraction of sp³-hybridized carbons (Fsp3) is 0. The third-order valence-corrected chi connectivity index (χ3v) is 4.07. The molecule has 1 aromatic carbocycles. The van der Waals surface area contributed by atoms with Gasteiger partial charge in [0.15, 0.2) is 0 Å². The summed E-state index contributed by atoms with van der Waals surface area (Å²) in [7, 11) is 0. The molecule has 3 aromatic heterocycles. The number of benzene rings is 1. The Labute approximate surface area is 118 Å². The van der Waals surface area contributed by atoms with Crippen molar-refractivity contribution in [3.05, 3.63) is 55.0 Å². The summed E-state index contributed by atoms with van der Waals surface area (Å²) in [5.74, 6) is 0.606. The van der Waals surface area contributed by atoms with E-state index in [1.54, 1.807) is 29.9 Å². The van der Waals surface area contributed by atoms with Crippen LogP contribution in [0.25, 0.3) is 20.7 Å². The minimum absolute atomic E-state index is 0.424. The molecule has 4 rings (SSSR count). The van der Waals surface area contributed by atoms with E-state index < -0.39 is 0 Å². The Morgan fingerprint density at radius 1 is 1.05 bits per heavy atom. The van der Waals surface area contributed by atoms with E-state index in [4.69, 9.17) is 8.83 Å². The van der Waals surface area contributed by atoms with Crippen LogP contribution in [0.4, 0.5) is 11.9 Å². The molecule has 0 amide bonds. The maximum Gasteiger partial charge on any atom is 0.302 e. The quantitative estimate of drug-likeness (QED) is 0.581. The summed E-state index contributed by atoms with van der Waals surface area (Å²) in [5.41, 5.74) is 0.820. The molecule has 4 aromatic rings. The monoisotopic (exact) mass is 282 g/mol. The predicted molar refractivity (Wildman–Crippen MR) is 79.3 cm³/mol. The first-order valence-electron chi connectivity index (χ1n) is 6.13. The van der Waals surface area contributed by atoms with E-state index >= 15 is 0 Å². The average Bonchev–Trinajstić information content (AvgIpc) is 3.18. The Balaban J connectivity index is 1.67. The molecule has 0 unspecified atom stereocenters. The number of fused-ring (bicyclic) bond motifs is 1. The number of nitrogens with zero attached hydrogens (tertiary/aromatic N) is 1. The minimum atomic E-state index is 0.424. The van der Waals surface area contributed by atoms with Crippen LogP contribution < -0.4 is 5.32 Å². The van der Waals surface area contributed by atoms with Gasteiger partial charge in [-0.3, -0.25) is 5.32 Å². The van der Waals surface area contributed by atoms with Crippen LogP contribution in [0.1, 0.15) is 0 Å². The second-order valence-corrected chi connectivity index (χ2v) is 5.37. The first-order chi connectivity index (χ1) is 9.88. The van der Waals surface area contributed by atoms with Gasteiger partial charge in [-0.1, -0.05) is 18.2 Å². The Kier molecular flexibility index (Phi) is 2.57. The summed E-state index contributed by atoms with van der Waals surface area (Å²) in [6.45, 7) is 0. The Morgan fingerprint density at radius 2 is 2.00 bits per heavy atom. The third kappa shape index (κ3) is 1.98. The van der Waals surface area contributed by atoms with Crippen LogP contribution in [0.5, 0.6) is 0 Å². The van der Waals surface area contributed by atoms with Gasteiger partial charge in [0.2, 0.25) is 5.88 Å². The largest absolute Gasteiger partial charge is 0.449 e. The summed E-state index contributed by atoms with van der Waals surface area (Å²) >= 11 is 1.70. The van der Waals surface area contributed by atoms with Gasteiger partial charge in [0.05, 0.1) is 11.1 Å². The lowest BCUT2D eigenvalue weighted by molar-refractivity contribution is 0.554. The molecule has 1 N–H and O–H groups in total. The van der Waals surface area contributed by atoms with E-state index in [0.717, 1.165) is 10.6 Å². The number of thiophene rings is 1. The molecule has 0 aliphatic heterocycles. The van der Waals surface area contributed by atoms with Gasteiger partial charge in [-0.25, -0.2) is 0 Å². The first kappa shape index (κ1) is 11.3. The van der Waals surface area contributed by atoms with Crippen molar-refractivity contribution in [1.29, 1.82) is 0 Å². The highest BCUT2D eigenvalue weighted by atomic mass is 32.1. The highest BCUT2D eigenvalue weighted by Gasteiger charge is 2.10. The van der Waals surface area contributed by atoms with Crippen molar-refractivity contribution in [2.75, 3.05) is 5.32 Å². The van der Waals surface area contributed by atoms with Crippen LogP contribution in [0.2, 0.25) is 0 Å². The van der Waals surface area contributed by atoms with Gasteiger partial charge in [0.25, 0.3) is 0 Å². The van der Waals surface area contributed by atoms with Crippen LogP contribution in [-0.4, -0.2) is 4.98 Å². The van der Waals surface area contributed by atoms with Gasteiger partial charge in [-0.15, -0.1) is 11.3 Å². The van der Waals surface area contributed by atoms with E-state index in [2.05, 4.69) is 28.5 Å². The van der Waals surface area contributed by atoms with Crippen molar-refractivity contribution in [1.82, 2.24) is 4.98 Å². The van der Waals surface area contributed by atoms with E-state index in [1.807, 2.05) is 18.2 Å². The van der Waals surface area contributed by atoms with Gasteiger partial charge in [0.1, 0.15) is 12.0 Å². The maximum absolute atomic E-state index is 5.41. The number of hydrogen-bond donors (Lipinski definition) is 1. The van der Waals surface area contributed by atoms with Crippen LogP contribution >= 0.6 is 11.3 Å². The van der Waals surface area contributed by atoms with E-state index in [9.17, 15) is 0 Å². The number of nitrogens with one attached hydrogen (secondary N) is 1. The van der Waals surface area contributed by atoms with E-state index in [0.29, 0.717) is 11.9 Å². The van der Waals surface area contributed by atoms with Gasteiger partial charge < -0.3 is 8.83 Å². The Morgan fingerprint density at radius 3 is 2.85 bits per heavy atom. The highest BCUT2D eigenvalue weighted by molar-refractivity contribution is 7.22. The molecule has 0 saturated heterocycles. The topological polar surface area (TPSA) is 51.2 Å². The standard InChI is InChI=1S/C15H10N2O2S/c1-2-5-12-10(4-1)8-13(20-12)11-9-19-15(16-11)17-14-6-3-7-18-14/h1-9H,(H,16,17). The lowest BCUT2D eigenvalue weighted by Gasteiger charge is -1.93. The zero-order chi connectivity index (χ0) is 13.4. The van der Waals surface area contributed by atoms with Crippen molar-refractivity contribution in [2.24, 2.45) is 0 Å². The summed E-state index contributed by atoms with van der Waals surface area (Å²) in [6.07, 6.45) is 3.24. The molecule has 0 aliphatic carbocycles. The number of anilines is 2. The van der Waals surface area contributed by atoms with Crippen molar-refractivity contribution < 1.29 is 8.83 Å². The zero-order valence-corrected chi connectivity index (χ0v) is 11.2. The van der Waals surface area contributed by atoms with Crippen molar-refractivity contribution >= 4 is 33.3 Å². The van der Waals surface area contributed by atoms with Crippen molar-refractivity contribution in [2.45, 2.75) is 0 Å². The van der Waals surface area contributed by atoms with Crippen LogP contribution in [0.3, 0.4) is 0 Å². The summed E-state index contributed by atoms with van der Waals surface area (Å²) in [4.78, 5) is 5.51. The first-order valence-corrected chi connectivity index (χ1v) is 6.95. The molecular weight excluding hydrogens is 272 g/mol. The molecule has 98 valence electrons. The zero-order valence-electron chi connectivity index (χ0n) is 10.4. The number of oxazole rings is 1. The van der Waals surface area contributed by atoms with Crippen molar-refractivity contribution in [3.8, 4) is 10.6 Å². The number of hydrogen-bond acceptors (Lipinski definition) is 5. The van der Waals surface area contributed by atoms with Gasteiger partial charge in [-0.05, 0) is 23.6 Å². The number of aromatic nitrogens is 1. The molecule has 0 atom stereocenters. The van der Waals surface area contributed by atoms with Crippen molar-refractivity contribution in [3.63, 3.8) is 0 Å². The smallest absolute Gasteiger partial charge is 0.302 e. The summed E-state index contributed by atoms with van der Waals surface area (Å²) in [6, 6.07) is 14.4. The number of furan rings is 1. The second kappa shape index (κ2) is 4.54. The molecule has 0 aliphatic rings. The molecule has 0 fully saturated rings. The molecule has 0 radical (unpaired) electrons. The minimum Gasteiger partial charge on any atom is -0.449 e. The van der Waals surface area contributed by atoms with E-state index in [1.165, 1.54) is 10.1 Å². The summed E-state index contributed by atoms with van der Waals surface area (Å²) in [5, 5.41) is 4.19. The molecule has 4 nitrogen and oxygen atoms in total. The molecule has 0 spiro atoms. The predicted octanol–water partition coefficient (Wildman–Crippen LogP) is 4.89. The van der Waals surface area contributed by atoms with Crippen LogP contribution in [0, 0.1) is 0 Å². The molecule has 20 heavy (non-hydrogen) atoms. The van der Waals surface area contributed by atoms with Gasteiger partial charge in [-0.2, -0.15) is 4.98 Å². The fourth-order valence-corrected chi connectivity index (χ4v) is 3.02. The second-order valence-electron chi connectivity index (χ2n) is 4.29. The van der Waals surface area contributed by atoms with Crippen LogP contribution in [0.15, 0.2) is 63.8 Å². The molecule has 0 saturated carbocycles. The Bertz CT molecular complexity index is 813. The van der Waals surface area contributed by atoms with Gasteiger partial charge in [0, 0.05) is 10.8 Å². The SMILES string of the molecule is c1coc(Nc2nc(-c3cc4ccccc4s3)co2)c1. The number of rotatable bonds is 3. The lowest BCUT2D eigenvalue weighted by Crippen LogP contribution is -1.87. The Hall–Kier alpha value is -2.53. The van der Waals surface area contributed by atoms with E-state index in [-0.39, 0.29) is 0 Å². The maximum atomic E-state index is 5.41. The highest BCUT2D eigenvalue weighted by Crippen LogP contribution is 2.33. The molecule has 3 heterocycles. The normalized spacial score (nSPS) is 11.0. The molecule has 0 bridgehead atoms. The lowest BCUT2D eigenvalue weighted by atomic mass is 10.2.